The first-order chi connectivity index (χ1) is 11.5. The van der Waals surface area contributed by atoms with E-state index in [0.717, 1.165) is 5.01 Å². The molecular formula is C16H10ClN3O4. The van der Waals surface area contributed by atoms with Crippen LogP contribution in [0.4, 0.5) is 11.4 Å². The van der Waals surface area contributed by atoms with Gasteiger partial charge in [-0.25, -0.2) is 5.01 Å². The van der Waals surface area contributed by atoms with E-state index in [1.165, 1.54) is 30.3 Å². The van der Waals surface area contributed by atoms with Crippen LogP contribution in [0.5, 0.6) is 0 Å². The number of hydrazine groups is 1. The van der Waals surface area contributed by atoms with E-state index in [-0.39, 0.29) is 11.3 Å². The van der Waals surface area contributed by atoms with Crippen molar-refractivity contribution in [3.8, 4) is 0 Å². The molecule has 0 atom stereocenters. The second kappa shape index (κ2) is 6.13. The molecule has 8 heteroatoms. The van der Waals surface area contributed by atoms with Crippen molar-refractivity contribution in [1.29, 1.82) is 0 Å². The first-order valence-electron chi connectivity index (χ1n) is 6.83. The monoisotopic (exact) mass is 343 g/mol. The molecule has 1 N–H and O–H groups in total. The van der Waals surface area contributed by atoms with Crippen molar-refractivity contribution in [2.24, 2.45) is 0 Å². The van der Waals surface area contributed by atoms with Gasteiger partial charge in [0, 0.05) is 17.2 Å². The zero-order valence-corrected chi connectivity index (χ0v) is 12.9. The predicted molar refractivity (Wildman–Crippen MR) is 88.2 cm³/mol. The number of halogens is 1. The van der Waals surface area contributed by atoms with Crippen LogP contribution < -0.4 is 10.4 Å². The summed E-state index contributed by atoms with van der Waals surface area (Å²) in [4.78, 5) is 34.6. The molecule has 0 aromatic heterocycles. The van der Waals surface area contributed by atoms with Gasteiger partial charge in [0.2, 0.25) is 0 Å². The summed E-state index contributed by atoms with van der Waals surface area (Å²) in [5.74, 6) is -1.06. The van der Waals surface area contributed by atoms with Crippen molar-refractivity contribution in [1.82, 2.24) is 5.43 Å². The highest BCUT2D eigenvalue weighted by molar-refractivity contribution is 6.32. The molecule has 0 saturated carbocycles. The van der Waals surface area contributed by atoms with Gasteiger partial charge in [0.05, 0.1) is 10.6 Å². The molecule has 0 aliphatic carbocycles. The second-order valence-corrected chi connectivity index (χ2v) is 5.40. The summed E-state index contributed by atoms with van der Waals surface area (Å²) in [6.45, 7) is 0. The highest BCUT2D eigenvalue weighted by atomic mass is 35.5. The summed E-state index contributed by atoms with van der Waals surface area (Å²) in [6, 6.07) is 12.0. The van der Waals surface area contributed by atoms with Gasteiger partial charge in [-0.1, -0.05) is 11.6 Å². The molecule has 0 unspecified atom stereocenters. The van der Waals surface area contributed by atoms with Crippen LogP contribution in [0.15, 0.2) is 54.1 Å². The molecule has 1 aliphatic rings. The Balaban J connectivity index is 1.88. The molecule has 3 rings (SSSR count). The Morgan fingerprint density at radius 2 is 1.67 bits per heavy atom. The average molecular weight is 344 g/mol. The number of nitro groups is 1. The highest BCUT2D eigenvalue weighted by Gasteiger charge is 2.34. The smallest absolute Gasteiger partial charge is 0.267 e. The number of hydrogen-bond acceptors (Lipinski definition) is 4. The van der Waals surface area contributed by atoms with Gasteiger partial charge < -0.3 is 0 Å². The normalized spacial score (nSPS) is 15.7. The number of nitrogens with zero attached hydrogens (tertiary/aromatic N) is 2. The van der Waals surface area contributed by atoms with Gasteiger partial charge in [0.1, 0.15) is 5.57 Å². The van der Waals surface area contributed by atoms with Crippen LogP contribution >= 0.6 is 11.6 Å². The fraction of sp³-hybridized carbons (Fsp3) is 0. The minimum atomic E-state index is -0.548. The van der Waals surface area contributed by atoms with Crippen molar-refractivity contribution in [3.63, 3.8) is 0 Å². The molecule has 1 heterocycles. The second-order valence-electron chi connectivity index (χ2n) is 4.96. The minimum absolute atomic E-state index is 0.0567. The summed E-state index contributed by atoms with van der Waals surface area (Å²) in [5, 5.41) is 12.3. The lowest BCUT2D eigenvalue weighted by Gasteiger charge is -2.14. The average Bonchev–Trinajstić information content (AvgIpc) is 2.84. The predicted octanol–water partition coefficient (Wildman–Crippen LogP) is 2.71. The van der Waals surface area contributed by atoms with E-state index in [4.69, 9.17) is 11.6 Å². The van der Waals surface area contributed by atoms with Crippen molar-refractivity contribution >= 4 is 40.9 Å². The van der Waals surface area contributed by atoms with Gasteiger partial charge in [0.25, 0.3) is 17.5 Å². The summed E-state index contributed by atoms with van der Waals surface area (Å²) in [7, 11) is 0. The van der Waals surface area contributed by atoms with Crippen LogP contribution in [0.3, 0.4) is 0 Å². The molecule has 0 spiro atoms. The number of carbonyl (C=O) groups excluding carboxylic acids is 2. The third kappa shape index (κ3) is 2.97. The highest BCUT2D eigenvalue weighted by Crippen LogP contribution is 2.23. The van der Waals surface area contributed by atoms with Crippen LogP contribution in [-0.4, -0.2) is 16.7 Å². The summed E-state index contributed by atoms with van der Waals surface area (Å²) >= 11 is 5.80. The molecule has 1 aliphatic heterocycles. The van der Waals surface area contributed by atoms with E-state index < -0.39 is 16.7 Å². The van der Waals surface area contributed by atoms with E-state index in [1.807, 2.05) is 0 Å². The van der Waals surface area contributed by atoms with Gasteiger partial charge in [-0.2, -0.15) is 0 Å². The molecule has 120 valence electrons. The van der Waals surface area contributed by atoms with Crippen molar-refractivity contribution in [2.45, 2.75) is 0 Å². The number of rotatable bonds is 3. The standard InChI is InChI=1S/C16H10ClN3O4/c17-11-3-7-12(8-4-11)19-16(22)14(15(21)18-19)9-10-1-5-13(6-2-10)20(23)24/h1-9H,(H,18,21)/b14-9-. The van der Waals surface area contributed by atoms with Crippen molar-refractivity contribution < 1.29 is 14.5 Å². The van der Waals surface area contributed by atoms with Crippen LogP contribution in [0.1, 0.15) is 5.56 Å². The third-order valence-electron chi connectivity index (χ3n) is 3.39. The summed E-state index contributed by atoms with van der Waals surface area (Å²) in [5.41, 5.74) is 3.33. The van der Waals surface area contributed by atoms with E-state index in [9.17, 15) is 19.7 Å². The Morgan fingerprint density at radius 1 is 1.04 bits per heavy atom. The summed E-state index contributed by atoms with van der Waals surface area (Å²) in [6.07, 6.45) is 1.39. The zero-order chi connectivity index (χ0) is 17.3. The lowest BCUT2D eigenvalue weighted by molar-refractivity contribution is -0.384. The maximum atomic E-state index is 12.4. The topological polar surface area (TPSA) is 92.6 Å². The molecule has 2 aromatic rings. The fourth-order valence-corrected chi connectivity index (χ4v) is 2.31. The Bertz CT molecular complexity index is 860. The largest absolute Gasteiger partial charge is 0.282 e. The lowest BCUT2D eigenvalue weighted by Crippen LogP contribution is -2.35. The van der Waals surface area contributed by atoms with Gasteiger partial charge in [-0.05, 0) is 48.0 Å². The Hall–Kier alpha value is -3.19. The quantitative estimate of drug-likeness (QED) is 0.401. The SMILES string of the molecule is O=C1NN(c2ccc(Cl)cc2)C(=O)/C1=C\c1ccc([N+](=O)[O-])cc1. The summed E-state index contributed by atoms with van der Waals surface area (Å²) < 4.78 is 0. The number of benzene rings is 2. The van der Waals surface area contributed by atoms with Gasteiger partial charge in [-0.3, -0.25) is 25.1 Å². The molecule has 1 fully saturated rings. The number of non-ortho nitro benzene ring substituents is 1. The van der Waals surface area contributed by atoms with Gasteiger partial charge in [0.15, 0.2) is 0 Å². The van der Waals surface area contributed by atoms with Gasteiger partial charge in [-0.15, -0.1) is 0 Å². The molecule has 2 amide bonds. The Kier molecular flexibility index (Phi) is 4.01. The lowest BCUT2D eigenvalue weighted by atomic mass is 10.1. The molecule has 7 nitrogen and oxygen atoms in total. The fourth-order valence-electron chi connectivity index (χ4n) is 2.19. The maximum Gasteiger partial charge on any atom is 0.282 e. The van der Waals surface area contributed by atoms with Crippen LogP contribution in [0, 0.1) is 10.1 Å². The number of anilines is 1. The molecule has 0 radical (unpaired) electrons. The molecular weight excluding hydrogens is 334 g/mol. The van der Waals surface area contributed by atoms with Crippen LogP contribution in [0.25, 0.3) is 6.08 Å². The number of amides is 2. The van der Waals surface area contributed by atoms with Crippen LogP contribution in [-0.2, 0) is 9.59 Å². The minimum Gasteiger partial charge on any atom is -0.267 e. The first kappa shape index (κ1) is 15.7. The first-order valence-corrected chi connectivity index (χ1v) is 7.20. The van der Waals surface area contributed by atoms with E-state index in [2.05, 4.69) is 5.43 Å². The van der Waals surface area contributed by atoms with E-state index >= 15 is 0 Å². The number of nitrogens with one attached hydrogen (secondary N) is 1. The van der Waals surface area contributed by atoms with E-state index in [0.29, 0.717) is 16.3 Å². The Labute approximate surface area is 141 Å². The number of carbonyl (C=O) groups is 2. The van der Waals surface area contributed by atoms with Gasteiger partial charge >= 0.3 is 0 Å². The van der Waals surface area contributed by atoms with E-state index in [1.54, 1.807) is 24.3 Å². The van der Waals surface area contributed by atoms with Crippen molar-refractivity contribution in [2.75, 3.05) is 5.01 Å². The maximum absolute atomic E-state index is 12.4. The molecule has 24 heavy (non-hydrogen) atoms. The molecule has 1 saturated heterocycles. The number of hydrogen-bond donors (Lipinski definition) is 1. The Morgan fingerprint density at radius 3 is 2.25 bits per heavy atom. The molecule has 2 aromatic carbocycles. The third-order valence-corrected chi connectivity index (χ3v) is 3.64. The van der Waals surface area contributed by atoms with Crippen LogP contribution in [0.2, 0.25) is 5.02 Å². The molecule has 0 bridgehead atoms. The zero-order valence-electron chi connectivity index (χ0n) is 12.1. The number of nitro benzene ring substituents is 1. The van der Waals surface area contributed by atoms with Crippen molar-refractivity contribution in [3.05, 3.63) is 74.8 Å².